The Labute approximate surface area is 127 Å². The maximum absolute atomic E-state index is 12.7. The van der Waals surface area contributed by atoms with Crippen LogP contribution in [0.4, 0.5) is 0 Å². The smallest absolute Gasteiger partial charge is 0.244 e. The van der Waals surface area contributed by atoms with Crippen LogP contribution < -0.4 is 0 Å². The summed E-state index contributed by atoms with van der Waals surface area (Å²) in [5, 5.41) is 9.61. The van der Waals surface area contributed by atoms with Crippen LogP contribution in [0, 0.1) is 6.92 Å². The van der Waals surface area contributed by atoms with Crippen LogP contribution in [0.5, 0.6) is 0 Å². The molecule has 0 radical (unpaired) electrons. The third kappa shape index (κ3) is 3.00. The molecule has 0 spiro atoms. The zero-order valence-corrected chi connectivity index (χ0v) is 13.9. The Morgan fingerprint density at radius 1 is 1.24 bits per heavy atom. The average molecular weight is 311 g/mol. The Morgan fingerprint density at radius 3 is 2.38 bits per heavy atom. The van der Waals surface area contributed by atoms with Crippen LogP contribution in [0.2, 0.25) is 0 Å². The zero-order valence-electron chi connectivity index (χ0n) is 13.0. The standard InChI is InChI=1S/C16H25NO3S/c1-4-5-6-7-15-16(3,12-18)17(15)21(19,20)14-10-8-13(2)9-11-14/h8-11,15,18H,4-7,12H2,1-3H3/t15-,16-,17?/m1/s1. The van der Waals surface area contributed by atoms with Gasteiger partial charge in [0, 0.05) is 6.04 Å². The van der Waals surface area contributed by atoms with E-state index in [2.05, 4.69) is 6.92 Å². The third-order valence-electron chi connectivity index (χ3n) is 4.42. The molecule has 3 atom stereocenters. The van der Waals surface area contributed by atoms with Crippen molar-refractivity contribution in [2.45, 2.75) is 62.9 Å². The Morgan fingerprint density at radius 2 is 1.86 bits per heavy atom. The SMILES string of the molecule is CCCCC[C@H]1N(S(=O)(=O)c2ccc(C)cc2)[C@]1(C)CO. The highest BCUT2D eigenvalue weighted by molar-refractivity contribution is 7.89. The largest absolute Gasteiger partial charge is 0.394 e. The average Bonchev–Trinajstić information content (AvgIpc) is 3.06. The summed E-state index contributed by atoms with van der Waals surface area (Å²) in [5.74, 6) is 0. The van der Waals surface area contributed by atoms with E-state index in [4.69, 9.17) is 0 Å². The summed E-state index contributed by atoms with van der Waals surface area (Å²) in [6, 6.07) is 6.81. The number of nitrogens with zero attached hydrogens (tertiary/aromatic N) is 1. The summed E-state index contributed by atoms with van der Waals surface area (Å²) in [6.07, 6.45) is 4.01. The number of rotatable bonds is 7. The Kier molecular flexibility index (Phi) is 4.76. The number of aliphatic hydroxyl groups excluding tert-OH is 1. The number of benzene rings is 1. The lowest BCUT2D eigenvalue weighted by Crippen LogP contribution is -2.24. The van der Waals surface area contributed by atoms with E-state index in [0.717, 1.165) is 31.2 Å². The number of aryl methyl sites for hydroxylation is 1. The first kappa shape index (κ1) is 16.5. The van der Waals surface area contributed by atoms with E-state index in [9.17, 15) is 13.5 Å². The lowest BCUT2D eigenvalue weighted by atomic mass is 10.0. The summed E-state index contributed by atoms with van der Waals surface area (Å²) < 4.78 is 27.0. The molecule has 1 aromatic rings. The fourth-order valence-corrected chi connectivity index (χ4v) is 4.98. The molecule has 0 aromatic heterocycles. The van der Waals surface area contributed by atoms with Gasteiger partial charge in [0.05, 0.1) is 17.0 Å². The molecule has 2 rings (SSSR count). The summed E-state index contributed by atoms with van der Waals surface area (Å²) in [5.41, 5.74) is 0.390. The molecule has 0 saturated carbocycles. The van der Waals surface area contributed by atoms with Crippen molar-refractivity contribution < 1.29 is 13.5 Å². The van der Waals surface area contributed by atoms with Crippen molar-refractivity contribution in [3.8, 4) is 0 Å². The Hall–Kier alpha value is -0.910. The van der Waals surface area contributed by atoms with E-state index >= 15 is 0 Å². The summed E-state index contributed by atoms with van der Waals surface area (Å²) in [7, 11) is -3.52. The third-order valence-corrected chi connectivity index (χ3v) is 6.47. The maximum Gasteiger partial charge on any atom is 0.244 e. The summed E-state index contributed by atoms with van der Waals surface area (Å²) in [4.78, 5) is 0.311. The lowest BCUT2D eigenvalue weighted by molar-refractivity contribution is 0.242. The van der Waals surface area contributed by atoms with E-state index in [1.807, 2.05) is 13.8 Å². The van der Waals surface area contributed by atoms with E-state index in [1.165, 1.54) is 4.31 Å². The van der Waals surface area contributed by atoms with Gasteiger partial charge < -0.3 is 5.11 Å². The van der Waals surface area contributed by atoms with Crippen molar-refractivity contribution in [1.82, 2.24) is 4.31 Å². The first-order valence-electron chi connectivity index (χ1n) is 7.60. The second-order valence-electron chi connectivity index (χ2n) is 6.14. The predicted octanol–water partition coefficient (Wildman–Crippen LogP) is 2.70. The van der Waals surface area contributed by atoms with E-state index in [-0.39, 0.29) is 12.6 Å². The highest BCUT2D eigenvalue weighted by Crippen LogP contribution is 2.48. The first-order chi connectivity index (χ1) is 9.87. The molecule has 1 aliphatic rings. The van der Waals surface area contributed by atoms with Gasteiger partial charge in [0.15, 0.2) is 0 Å². The van der Waals surface area contributed by atoms with E-state index < -0.39 is 15.6 Å². The second kappa shape index (κ2) is 6.07. The van der Waals surface area contributed by atoms with Gasteiger partial charge in [-0.1, -0.05) is 43.9 Å². The lowest BCUT2D eigenvalue weighted by Gasteiger charge is -2.10. The molecular formula is C16H25NO3S. The van der Waals surface area contributed by atoms with Crippen LogP contribution in [0.1, 0.15) is 45.1 Å². The van der Waals surface area contributed by atoms with E-state index in [0.29, 0.717) is 4.90 Å². The van der Waals surface area contributed by atoms with Crippen LogP contribution in [-0.4, -0.2) is 36.0 Å². The minimum atomic E-state index is -3.52. The second-order valence-corrected chi connectivity index (χ2v) is 7.96. The number of hydrogen-bond donors (Lipinski definition) is 1. The molecule has 21 heavy (non-hydrogen) atoms. The highest BCUT2D eigenvalue weighted by Gasteiger charge is 2.64. The van der Waals surface area contributed by atoms with Gasteiger partial charge in [-0.3, -0.25) is 0 Å². The van der Waals surface area contributed by atoms with Crippen molar-refractivity contribution in [3.05, 3.63) is 29.8 Å². The Bertz CT molecular complexity index is 582. The van der Waals surface area contributed by atoms with Gasteiger partial charge in [-0.05, 0) is 32.4 Å². The number of hydrogen-bond acceptors (Lipinski definition) is 3. The van der Waals surface area contributed by atoms with Crippen LogP contribution in [0.15, 0.2) is 29.2 Å². The zero-order chi connectivity index (χ0) is 15.7. The topological polar surface area (TPSA) is 57.4 Å². The molecule has 1 aromatic carbocycles. The van der Waals surface area contributed by atoms with Gasteiger partial charge in [0.2, 0.25) is 10.0 Å². The van der Waals surface area contributed by atoms with Crippen molar-refractivity contribution in [2.24, 2.45) is 0 Å². The van der Waals surface area contributed by atoms with Gasteiger partial charge in [0.25, 0.3) is 0 Å². The minimum Gasteiger partial charge on any atom is -0.394 e. The molecule has 5 heteroatoms. The monoisotopic (exact) mass is 311 g/mol. The Balaban J connectivity index is 2.21. The first-order valence-corrected chi connectivity index (χ1v) is 9.04. The predicted molar refractivity (Wildman–Crippen MR) is 83.6 cm³/mol. The number of unbranched alkanes of at least 4 members (excludes halogenated alkanes) is 2. The van der Waals surface area contributed by atoms with Crippen molar-refractivity contribution in [1.29, 1.82) is 0 Å². The van der Waals surface area contributed by atoms with Crippen LogP contribution in [-0.2, 0) is 10.0 Å². The molecule has 1 heterocycles. The van der Waals surface area contributed by atoms with Crippen molar-refractivity contribution >= 4 is 10.0 Å². The minimum absolute atomic E-state index is 0.0830. The van der Waals surface area contributed by atoms with Gasteiger partial charge in [0.1, 0.15) is 0 Å². The molecule has 118 valence electrons. The molecule has 1 fully saturated rings. The molecule has 1 unspecified atom stereocenters. The summed E-state index contributed by atoms with van der Waals surface area (Å²) in [6.45, 7) is 5.75. The van der Waals surface area contributed by atoms with Crippen LogP contribution >= 0.6 is 0 Å². The number of aliphatic hydroxyl groups is 1. The van der Waals surface area contributed by atoms with Gasteiger partial charge in [-0.2, -0.15) is 4.31 Å². The fraction of sp³-hybridized carbons (Fsp3) is 0.625. The van der Waals surface area contributed by atoms with E-state index in [1.54, 1.807) is 24.3 Å². The molecule has 0 aliphatic carbocycles. The molecule has 0 amide bonds. The number of sulfonamides is 1. The molecule has 4 nitrogen and oxygen atoms in total. The van der Waals surface area contributed by atoms with Crippen LogP contribution in [0.3, 0.4) is 0 Å². The highest BCUT2D eigenvalue weighted by atomic mass is 32.2. The van der Waals surface area contributed by atoms with Crippen molar-refractivity contribution in [2.75, 3.05) is 6.61 Å². The molecule has 0 bridgehead atoms. The maximum atomic E-state index is 12.7. The summed E-state index contributed by atoms with van der Waals surface area (Å²) >= 11 is 0. The van der Waals surface area contributed by atoms with Gasteiger partial charge >= 0.3 is 0 Å². The molecule has 1 N–H and O–H groups in total. The molecular weight excluding hydrogens is 286 g/mol. The molecule has 1 saturated heterocycles. The van der Waals surface area contributed by atoms with Gasteiger partial charge in [-0.15, -0.1) is 0 Å². The quantitative estimate of drug-likeness (QED) is 0.622. The molecule has 1 aliphatic heterocycles. The van der Waals surface area contributed by atoms with Crippen LogP contribution in [0.25, 0.3) is 0 Å². The van der Waals surface area contributed by atoms with Crippen molar-refractivity contribution in [3.63, 3.8) is 0 Å². The van der Waals surface area contributed by atoms with Gasteiger partial charge in [-0.25, -0.2) is 8.42 Å². The normalized spacial score (nSPS) is 28.6. The fourth-order valence-electron chi connectivity index (χ4n) is 2.93.